The first-order valence-corrected chi connectivity index (χ1v) is 5.89. The highest BCUT2D eigenvalue weighted by atomic mass is 16.7. The van der Waals surface area contributed by atoms with Crippen LogP contribution in [0.3, 0.4) is 0 Å². The van der Waals surface area contributed by atoms with E-state index in [1.54, 1.807) is 0 Å². The maximum Gasteiger partial charge on any atom is 0.243 e. The quantitative estimate of drug-likeness (QED) is 0.815. The number of hydroxylamine groups is 1. The molecule has 1 rings (SSSR count). The summed E-state index contributed by atoms with van der Waals surface area (Å²) in [4.78, 5) is 16.7. The first-order valence-electron chi connectivity index (χ1n) is 5.89. The SMILES string of the molecule is Cc1cccc(CCC(=O)NOC(C)(C)C)c1. The van der Waals surface area contributed by atoms with Crippen LogP contribution in [0.2, 0.25) is 0 Å². The van der Waals surface area contributed by atoms with Crippen LogP contribution in [-0.2, 0) is 16.1 Å². The maximum atomic E-state index is 11.5. The lowest BCUT2D eigenvalue weighted by molar-refractivity contribution is -0.145. The fraction of sp³-hybridized carbons (Fsp3) is 0.500. The highest BCUT2D eigenvalue weighted by Crippen LogP contribution is 2.07. The molecule has 0 spiro atoms. The van der Waals surface area contributed by atoms with Crippen molar-refractivity contribution in [2.75, 3.05) is 0 Å². The molecular formula is C14H21NO2. The summed E-state index contributed by atoms with van der Waals surface area (Å²) in [7, 11) is 0. The number of carbonyl (C=O) groups excluding carboxylic acids is 1. The standard InChI is InChI=1S/C14H21NO2/c1-11-6-5-7-12(10-11)8-9-13(16)15-17-14(2,3)4/h5-7,10H,8-9H2,1-4H3,(H,15,16). The molecule has 0 atom stereocenters. The number of carbonyl (C=O) groups is 1. The van der Waals surface area contributed by atoms with Gasteiger partial charge in [0.05, 0.1) is 5.60 Å². The maximum absolute atomic E-state index is 11.5. The molecule has 3 heteroatoms. The van der Waals surface area contributed by atoms with Gasteiger partial charge in [-0.25, -0.2) is 5.48 Å². The Labute approximate surface area is 103 Å². The zero-order chi connectivity index (χ0) is 12.9. The smallest absolute Gasteiger partial charge is 0.243 e. The molecule has 94 valence electrons. The number of aryl methyl sites for hydroxylation is 2. The summed E-state index contributed by atoms with van der Waals surface area (Å²) in [5.74, 6) is -0.0820. The van der Waals surface area contributed by atoms with Crippen molar-refractivity contribution in [3.63, 3.8) is 0 Å². The number of rotatable bonds is 4. The van der Waals surface area contributed by atoms with Gasteiger partial charge in [-0.1, -0.05) is 29.8 Å². The number of hydrogen-bond donors (Lipinski definition) is 1. The molecule has 0 aliphatic heterocycles. The predicted octanol–water partition coefficient (Wildman–Crippen LogP) is 2.77. The Hall–Kier alpha value is -1.35. The van der Waals surface area contributed by atoms with Crippen LogP contribution in [0.1, 0.15) is 38.3 Å². The molecular weight excluding hydrogens is 214 g/mol. The van der Waals surface area contributed by atoms with Crippen LogP contribution >= 0.6 is 0 Å². The van der Waals surface area contributed by atoms with Gasteiger partial charge in [-0.3, -0.25) is 9.63 Å². The third-order valence-corrected chi connectivity index (χ3v) is 2.19. The molecule has 1 amide bonds. The molecule has 1 aromatic rings. The van der Waals surface area contributed by atoms with Crippen LogP contribution in [-0.4, -0.2) is 11.5 Å². The van der Waals surface area contributed by atoms with Gasteiger partial charge in [0.25, 0.3) is 0 Å². The van der Waals surface area contributed by atoms with E-state index in [4.69, 9.17) is 4.84 Å². The molecule has 1 N–H and O–H groups in total. The largest absolute Gasteiger partial charge is 0.273 e. The van der Waals surface area contributed by atoms with Gasteiger partial charge in [-0.2, -0.15) is 0 Å². The molecule has 0 aliphatic carbocycles. The monoisotopic (exact) mass is 235 g/mol. The summed E-state index contributed by atoms with van der Waals surface area (Å²) in [5, 5.41) is 0. The Balaban J connectivity index is 2.33. The van der Waals surface area contributed by atoms with Crippen LogP contribution in [0.4, 0.5) is 0 Å². The van der Waals surface area contributed by atoms with E-state index < -0.39 is 0 Å². The molecule has 0 heterocycles. The van der Waals surface area contributed by atoms with Crippen LogP contribution in [0.15, 0.2) is 24.3 Å². The van der Waals surface area contributed by atoms with E-state index in [1.807, 2.05) is 45.9 Å². The number of amides is 1. The fourth-order valence-electron chi connectivity index (χ4n) is 1.39. The van der Waals surface area contributed by atoms with Crippen molar-refractivity contribution >= 4 is 5.91 Å². The second kappa shape index (κ2) is 5.82. The van der Waals surface area contributed by atoms with E-state index in [9.17, 15) is 4.79 Å². The van der Waals surface area contributed by atoms with Gasteiger partial charge in [0.15, 0.2) is 0 Å². The van der Waals surface area contributed by atoms with E-state index in [0.717, 1.165) is 6.42 Å². The Bertz CT molecular complexity index is 380. The van der Waals surface area contributed by atoms with Crippen molar-refractivity contribution in [1.29, 1.82) is 0 Å². The molecule has 3 nitrogen and oxygen atoms in total. The lowest BCUT2D eigenvalue weighted by atomic mass is 10.1. The second-order valence-corrected chi connectivity index (χ2v) is 5.23. The topological polar surface area (TPSA) is 38.3 Å². The molecule has 17 heavy (non-hydrogen) atoms. The van der Waals surface area contributed by atoms with E-state index in [2.05, 4.69) is 11.5 Å². The lowest BCUT2D eigenvalue weighted by Crippen LogP contribution is -2.33. The minimum atomic E-state index is -0.348. The Kier molecular flexibility index (Phi) is 4.70. The molecule has 0 fully saturated rings. The van der Waals surface area contributed by atoms with Crippen molar-refractivity contribution in [3.05, 3.63) is 35.4 Å². The van der Waals surface area contributed by atoms with Crippen LogP contribution in [0.5, 0.6) is 0 Å². The van der Waals surface area contributed by atoms with Crippen molar-refractivity contribution in [2.24, 2.45) is 0 Å². The van der Waals surface area contributed by atoms with Gasteiger partial charge in [-0.15, -0.1) is 0 Å². The van der Waals surface area contributed by atoms with E-state index in [1.165, 1.54) is 11.1 Å². The zero-order valence-corrected chi connectivity index (χ0v) is 11.0. The minimum Gasteiger partial charge on any atom is -0.273 e. The molecule has 0 aliphatic rings. The third-order valence-electron chi connectivity index (χ3n) is 2.19. The van der Waals surface area contributed by atoms with Crippen LogP contribution in [0, 0.1) is 6.92 Å². The molecule has 0 saturated carbocycles. The molecule has 0 saturated heterocycles. The average molecular weight is 235 g/mol. The predicted molar refractivity (Wildman–Crippen MR) is 68.5 cm³/mol. The number of hydrogen-bond acceptors (Lipinski definition) is 2. The van der Waals surface area contributed by atoms with E-state index in [-0.39, 0.29) is 11.5 Å². The molecule has 0 unspecified atom stereocenters. The first kappa shape index (κ1) is 13.7. The average Bonchev–Trinajstić information content (AvgIpc) is 2.23. The van der Waals surface area contributed by atoms with Gasteiger partial charge in [0, 0.05) is 6.42 Å². The van der Waals surface area contributed by atoms with Crippen LogP contribution < -0.4 is 5.48 Å². The number of benzene rings is 1. The molecule has 1 aromatic carbocycles. The summed E-state index contributed by atoms with van der Waals surface area (Å²) in [6, 6.07) is 8.18. The van der Waals surface area contributed by atoms with Gasteiger partial charge in [0.2, 0.25) is 5.91 Å². The first-order chi connectivity index (χ1) is 7.87. The summed E-state index contributed by atoms with van der Waals surface area (Å²) < 4.78 is 0. The summed E-state index contributed by atoms with van der Waals surface area (Å²) in [6.07, 6.45) is 1.18. The molecule has 0 aromatic heterocycles. The summed E-state index contributed by atoms with van der Waals surface area (Å²) in [5.41, 5.74) is 4.51. The fourth-order valence-corrected chi connectivity index (χ4v) is 1.39. The second-order valence-electron chi connectivity index (χ2n) is 5.23. The third kappa shape index (κ3) is 6.07. The highest BCUT2D eigenvalue weighted by molar-refractivity contribution is 5.75. The zero-order valence-electron chi connectivity index (χ0n) is 11.0. The van der Waals surface area contributed by atoms with Gasteiger partial charge in [-0.05, 0) is 39.7 Å². The van der Waals surface area contributed by atoms with Crippen molar-refractivity contribution < 1.29 is 9.63 Å². The Morgan fingerprint density at radius 3 is 2.65 bits per heavy atom. The van der Waals surface area contributed by atoms with Crippen molar-refractivity contribution in [3.8, 4) is 0 Å². The lowest BCUT2D eigenvalue weighted by Gasteiger charge is -2.18. The van der Waals surface area contributed by atoms with Crippen LogP contribution in [0.25, 0.3) is 0 Å². The van der Waals surface area contributed by atoms with Gasteiger partial charge < -0.3 is 0 Å². The van der Waals surface area contributed by atoms with E-state index >= 15 is 0 Å². The summed E-state index contributed by atoms with van der Waals surface area (Å²) in [6.45, 7) is 7.74. The minimum absolute atomic E-state index is 0.0820. The molecule has 0 bridgehead atoms. The molecule has 0 radical (unpaired) electrons. The normalized spacial score (nSPS) is 11.3. The number of nitrogens with one attached hydrogen (secondary N) is 1. The van der Waals surface area contributed by atoms with Gasteiger partial charge >= 0.3 is 0 Å². The van der Waals surface area contributed by atoms with E-state index in [0.29, 0.717) is 6.42 Å². The Morgan fingerprint density at radius 2 is 2.06 bits per heavy atom. The highest BCUT2D eigenvalue weighted by Gasteiger charge is 2.12. The van der Waals surface area contributed by atoms with Crippen molar-refractivity contribution in [2.45, 2.75) is 46.1 Å². The summed E-state index contributed by atoms with van der Waals surface area (Å²) >= 11 is 0. The van der Waals surface area contributed by atoms with Crippen molar-refractivity contribution in [1.82, 2.24) is 5.48 Å². The Morgan fingerprint density at radius 1 is 1.35 bits per heavy atom. The van der Waals surface area contributed by atoms with Gasteiger partial charge in [0.1, 0.15) is 0 Å².